The van der Waals surface area contributed by atoms with Crippen molar-refractivity contribution in [1.29, 1.82) is 0 Å². The number of anilines is 1. The van der Waals surface area contributed by atoms with Gasteiger partial charge in [-0.05, 0) is 30.0 Å². The summed E-state index contributed by atoms with van der Waals surface area (Å²) in [5, 5.41) is 3.08. The number of para-hydroxylation sites is 1. The third kappa shape index (κ3) is 3.64. The molecule has 4 heteroatoms. The summed E-state index contributed by atoms with van der Waals surface area (Å²) in [7, 11) is 0. The smallest absolute Gasteiger partial charge is 0.233 e. The predicted molar refractivity (Wildman–Crippen MR) is 102 cm³/mol. The molecule has 0 saturated carbocycles. The molecule has 1 aromatic heterocycles. The fraction of sp³-hybridized carbons (Fsp3) is 0.238. The lowest BCUT2D eigenvalue weighted by Gasteiger charge is -2.29. The number of hydrogen-bond acceptors (Lipinski definition) is 3. The van der Waals surface area contributed by atoms with Crippen LogP contribution in [0.4, 0.5) is 5.69 Å². The number of nitrogens with zero attached hydrogens (tertiary/aromatic N) is 2. The zero-order valence-corrected chi connectivity index (χ0v) is 14.8. The van der Waals surface area contributed by atoms with Crippen molar-refractivity contribution < 1.29 is 4.79 Å². The number of aromatic nitrogens is 1. The summed E-state index contributed by atoms with van der Waals surface area (Å²) in [5.41, 5.74) is 4.47. The first-order chi connectivity index (χ1) is 12.3. The molecule has 3 aromatic rings. The Balaban J connectivity index is 1.45. The van der Waals surface area contributed by atoms with Crippen LogP contribution < -0.4 is 4.90 Å². The van der Waals surface area contributed by atoms with Crippen LogP contribution >= 0.6 is 11.3 Å². The van der Waals surface area contributed by atoms with E-state index in [0.717, 1.165) is 42.2 Å². The number of aryl methyl sites for hydroxylation is 1. The molecule has 0 aliphatic carbocycles. The monoisotopic (exact) mass is 348 g/mol. The van der Waals surface area contributed by atoms with Crippen LogP contribution in [-0.4, -0.2) is 17.4 Å². The maximum absolute atomic E-state index is 12.8. The Bertz CT molecular complexity index is 872. The Hall–Kier alpha value is -2.46. The average Bonchev–Trinajstić information content (AvgIpc) is 3.09. The van der Waals surface area contributed by atoms with Crippen LogP contribution in [-0.2, 0) is 24.1 Å². The molecule has 25 heavy (non-hydrogen) atoms. The molecule has 1 amide bonds. The molecule has 0 bridgehead atoms. The van der Waals surface area contributed by atoms with E-state index in [-0.39, 0.29) is 5.91 Å². The predicted octanol–water partition coefficient (Wildman–Crippen LogP) is 4.26. The second kappa shape index (κ2) is 7.19. The number of carbonyl (C=O) groups excluding carboxylic acids is 1. The van der Waals surface area contributed by atoms with E-state index in [1.54, 1.807) is 11.3 Å². The summed E-state index contributed by atoms with van der Waals surface area (Å²) in [4.78, 5) is 19.4. The van der Waals surface area contributed by atoms with Gasteiger partial charge >= 0.3 is 0 Å². The lowest BCUT2D eigenvalue weighted by atomic mass is 10.0. The van der Waals surface area contributed by atoms with Gasteiger partial charge in [0, 0.05) is 24.0 Å². The van der Waals surface area contributed by atoms with Gasteiger partial charge in [0.2, 0.25) is 5.91 Å². The number of rotatable bonds is 4. The van der Waals surface area contributed by atoms with E-state index in [2.05, 4.69) is 23.2 Å². The van der Waals surface area contributed by atoms with E-state index in [9.17, 15) is 4.79 Å². The Morgan fingerprint density at radius 2 is 1.88 bits per heavy atom. The molecule has 0 atom stereocenters. The zero-order valence-electron chi connectivity index (χ0n) is 14.0. The topological polar surface area (TPSA) is 33.2 Å². The summed E-state index contributed by atoms with van der Waals surface area (Å²) in [5.74, 6) is 0.142. The second-order valence-electron chi connectivity index (χ2n) is 6.35. The molecule has 2 aromatic carbocycles. The first-order valence-electron chi connectivity index (χ1n) is 8.65. The molecule has 1 aliphatic heterocycles. The highest BCUT2D eigenvalue weighted by Crippen LogP contribution is 2.27. The number of hydrogen-bond donors (Lipinski definition) is 0. The maximum atomic E-state index is 12.8. The van der Waals surface area contributed by atoms with Gasteiger partial charge < -0.3 is 4.90 Å². The molecular formula is C21H20N2OS. The fourth-order valence-corrected chi connectivity index (χ4v) is 4.15. The van der Waals surface area contributed by atoms with Crippen LogP contribution in [0.15, 0.2) is 60.0 Å². The van der Waals surface area contributed by atoms with Crippen molar-refractivity contribution in [3.63, 3.8) is 0 Å². The fourth-order valence-electron chi connectivity index (χ4n) is 3.32. The largest absolute Gasteiger partial charge is 0.312 e. The highest BCUT2D eigenvalue weighted by atomic mass is 32.1. The minimum Gasteiger partial charge on any atom is -0.312 e. The van der Waals surface area contributed by atoms with Crippen molar-refractivity contribution in [2.75, 3.05) is 11.4 Å². The van der Waals surface area contributed by atoms with Gasteiger partial charge in [0.1, 0.15) is 0 Å². The zero-order chi connectivity index (χ0) is 17.1. The Labute approximate surface area is 152 Å². The maximum Gasteiger partial charge on any atom is 0.233 e. The van der Waals surface area contributed by atoms with Crippen molar-refractivity contribution >= 4 is 22.9 Å². The molecule has 2 heterocycles. The molecule has 0 saturated heterocycles. The molecule has 0 fully saturated rings. The quantitative estimate of drug-likeness (QED) is 0.706. The molecule has 0 radical (unpaired) electrons. The first-order valence-corrected chi connectivity index (χ1v) is 9.53. The molecule has 4 rings (SSSR count). The van der Waals surface area contributed by atoms with Crippen molar-refractivity contribution in [3.8, 4) is 0 Å². The molecule has 0 N–H and O–H groups in total. The Morgan fingerprint density at radius 3 is 2.76 bits per heavy atom. The van der Waals surface area contributed by atoms with Gasteiger partial charge in [0.05, 0.1) is 17.1 Å². The first kappa shape index (κ1) is 16.0. The summed E-state index contributed by atoms with van der Waals surface area (Å²) >= 11 is 1.64. The number of fused-ring (bicyclic) bond motifs is 1. The van der Waals surface area contributed by atoms with E-state index in [1.807, 2.05) is 46.7 Å². The van der Waals surface area contributed by atoms with Crippen LogP contribution in [0.2, 0.25) is 0 Å². The third-order valence-corrected chi connectivity index (χ3v) is 5.44. The van der Waals surface area contributed by atoms with Gasteiger partial charge in [-0.1, -0.05) is 48.5 Å². The van der Waals surface area contributed by atoms with Crippen LogP contribution in [0.25, 0.3) is 0 Å². The average molecular weight is 348 g/mol. The van der Waals surface area contributed by atoms with Crippen LogP contribution in [0, 0.1) is 0 Å². The van der Waals surface area contributed by atoms with Crippen LogP contribution in [0.3, 0.4) is 0 Å². The second-order valence-corrected chi connectivity index (χ2v) is 7.29. The molecular weight excluding hydrogens is 328 g/mol. The third-order valence-electron chi connectivity index (χ3n) is 4.54. The summed E-state index contributed by atoms with van der Waals surface area (Å²) in [6.07, 6.45) is 3.28. The molecule has 0 spiro atoms. The van der Waals surface area contributed by atoms with Gasteiger partial charge in [0.15, 0.2) is 0 Å². The molecule has 1 aliphatic rings. The standard InChI is InChI=1S/C21H20N2OS/c24-21(23-12-6-10-17-9-4-5-11-19(17)23)14-18-15-25-20(22-18)13-16-7-2-1-3-8-16/h1-5,7-9,11,15H,6,10,12-14H2. The lowest BCUT2D eigenvalue weighted by Crippen LogP contribution is -2.36. The Kier molecular flexibility index (Phi) is 4.61. The van der Waals surface area contributed by atoms with Gasteiger partial charge in [-0.15, -0.1) is 11.3 Å². The van der Waals surface area contributed by atoms with E-state index in [0.29, 0.717) is 6.42 Å². The van der Waals surface area contributed by atoms with Gasteiger partial charge in [-0.3, -0.25) is 4.79 Å². The molecule has 3 nitrogen and oxygen atoms in total. The Morgan fingerprint density at radius 1 is 1.08 bits per heavy atom. The van der Waals surface area contributed by atoms with E-state index >= 15 is 0 Å². The lowest BCUT2D eigenvalue weighted by molar-refractivity contribution is -0.118. The summed E-state index contributed by atoms with van der Waals surface area (Å²) < 4.78 is 0. The summed E-state index contributed by atoms with van der Waals surface area (Å²) in [6, 6.07) is 18.5. The van der Waals surface area contributed by atoms with Crippen molar-refractivity contribution in [2.24, 2.45) is 0 Å². The molecule has 126 valence electrons. The van der Waals surface area contributed by atoms with Crippen molar-refractivity contribution in [1.82, 2.24) is 4.98 Å². The highest BCUT2D eigenvalue weighted by Gasteiger charge is 2.22. The number of carbonyl (C=O) groups is 1. The van der Waals surface area contributed by atoms with Gasteiger partial charge in [0.25, 0.3) is 0 Å². The minimum absolute atomic E-state index is 0.142. The van der Waals surface area contributed by atoms with E-state index in [1.165, 1.54) is 11.1 Å². The van der Waals surface area contributed by atoms with E-state index in [4.69, 9.17) is 0 Å². The number of benzene rings is 2. The van der Waals surface area contributed by atoms with Gasteiger partial charge in [-0.2, -0.15) is 0 Å². The van der Waals surface area contributed by atoms with E-state index < -0.39 is 0 Å². The highest BCUT2D eigenvalue weighted by molar-refractivity contribution is 7.09. The van der Waals surface area contributed by atoms with Gasteiger partial charge in [-0.25, -0.2) is 4.98 Å². The van der Waals surface area contributed by atoms with Crippen LogP contribution in [0.1, 0.15) is 28.2 Å². The number of amides is 1. The SMILES string of the molecule is O=C(Cc1csc(Cc2ccccc2)n1)N1CCCc2ccccc21. The van der Waals surface area contributed by atoms with Crippen molar-refractivity contribution in [3.05, 3.63) is 81.8 Å². The number of thiazole rings is 1. The molecule has 0 unspecified atom stereocenters. The van der Waals surface area contributed by atoms with Crippen LogP contribution in [0.5, 0.6) is 0 Å². The summed E-state index contributed by atoms with van der Waals surface area (Å²) in [6.45, 7) is 0.802. The normalized spacial score (nSPS) is 13.5. The minimum atomic E-state index is 0.142. The van der Waals surface area contributed by atoms with Crippen molar-refractivity contribution in [2.45, 2.75) is 25.7 Å².